The molecule has 8 heteroatoms. The number of hydrogen-bond acceptors (Lipinski definition) is 7. The van der Waals surface area contributed by atoms with Crippen LogP contribution in [0.3, 0.4) is 0 Å². The van der Waals surface area contributed by atoms with Gasteiger partial charge in [0.05, 0.1) is 46.7 Å². The van der Waals surface area contributed by atoms with Crippen molar-refractivity contribution in [2.45, 2.75) is 26.3 Å². The summed E-state index contributed by atoms with van der Waals surface area (Å²) < 4.78 is 27.9. The normalized spacial score (nSPS) is 14.8. The van der Waals surface area contributed by atoms with E-state index in [2.05, 4.69) is 10.2 Å². The molecule has 0 radical (unpaired) electrons. The smallest absolute Gasteiger partial charge is 0.251 e. The molecule has 0 bridgehead atoms. The number of hydrogen-bond donors (Lipinski definition) is 1. The summed E-state index contributed by atoms with van der Waals surface area (Å²) in [6.45, 7) is 8.37. The van der Waals surface area contributed by atoms with Crippen LogP contribution in [0.5, 0.6) is 23.0 Å². The molecule has 1 saturated heterocycles. The second-order valence-electron chi connectivity index (χ2n) is 7.93. The van der Waals surface area contributed by atoms with E-state index in [-0.39, 0.29) is 11.9 Å². The lowest BCUT2D eigenvalue weighted by Gasteiger charge is -2.35. The van der Waals surface area contributed by atoms with E-state index >= 15 is 0 Å². The SMILES string of the molecule is CCCOc1ccc(C(=O)NC[C@H](c2ccc(OC)c(OC)c2)N2CCOCC2)cc1OCC. The van der Waals surface area contributed by atoms with Gasteiger partial charge in [-0.05, 0) is 49.2 Å². The third kappa shape index (κ3) is 6.55. The molecule has 1 N–H and O–H groups in total. The zero-order chi connectivity index (χ0) is 24.3. The molecule has 1 aliphatic rings. The van der Waals surface area contributed by atoms with Gasteiger partial charge >= 0.3 is 0 Å². The summed E-state index contributed by atoms with van der Waals surface area (Å²) in [5.74, 6) is 2.39. The highest BCUT2D eigenvalue weighted by molar-refractivity contribution is 5.94. The van der Waals surface area contributed by atoms with Crippen LogP contribution in [0.4, 0.5) is 0 Å². The molecule has 2 aromatic rings. The summed E-state index contributed by atoms with van der Waals surface area (Å²) in [6.07, 6.45) is 0.896. The zero-order valence-corrected chi connectivity index (χ0v) is 20.6. The van der Waals surface area contributed by atoms with E-state index in [4.69, 9.17) is 23.7 Å². The lowest BCUT2D eigenvalue weighted by Crippen LogP contribution is -2.43. The minimum Gasteiger partial charge on any atom is -0.493 e. The molecule has 1 atom stereocenters. The zero-order valence-electron chi connectivity index (χ0n) is 20.6. The molecule has 0 spiro atoms. The van der Waals surface area contributed by atoms with Crippen molar-refractivity contribution in [1.29, 1.82) is 0 Å². The number of carbonyl (C=O) groups is 1. The molecule has 186 valence electrons. The van der Waals surface area contributed by atoms with Crippen LogP contribution >= 0.6 is 0 Å². The highest BCUT2D eigenvalue weighted by Gasteiger charge is 2.25. The van der Waals surface area contributed by atoms with Crippen molar-refractivity contribution in [3.05, 3.63) is 47.5 Å². The van der Waals surface area contributed by atoms with Crippen molar-refractivity contribution in [1.82, 2.24) is 10.2 Å². The van der Waals surface area contributed by atoms with Crippen molar-refractivity contribution < 1.29 is 28.5 Å². The number of morpholine rings is 1. The lowest BCUT2D eigenvalue weighted by atomic mass is 10.0. The Bertz CT molecular complexity index is 930. The van der Waals surface area contributed by atoms with E-state index < -0.39 is 0 Å². The Balaban J connectivity index is 1.78. The van der Waals surface area contributed by atoms with Gasteiger partial charge in [0.25, 0.3) is 5.91 Å². The van der Waals surface area contributed by atoms with E-state index in [0.717, 1.165) is 25.1 Å². The lowest BCUT2D eigenvalue weighted by molar-refractivity contribution is 0.0162. The van der Waals surface area contributed by atoms with Gasteiger partial charge in [-0.1, -0.05) is 13.0 Å². The van der Waals surface area contributed by atoms with Crippen molar-refractivity contribution in [2.24, 2.45) is 0 Å². The van der Waals surface area contributed by atoms with Gasteiger partial charge in [-0.15, -0.1) is 0 Å². The molecule has 0 aromatic heterocycles. The first-order chi connectivity index (χ1) is 16.6. The van der Waals surface area contributed by atoms with E-state index in [1.54, 1.807) is 32.4 Å². The summed E-state index contributed by atoms with van der Waals surface area (Å²) >= 11 is 0. The van der Waals surface area contributed by atoms with Crippen LogP contribution in [0, 0.1) is 0 Å². The van der Waals surface area contributed by atoms with E-state index in [0.29, 0.717) is 61.5 Å². The number of rotatable bonds is 12. The molecule has 0 saturated carbocycles. The molecule has 34 heavy (non-hydrogen) atoms. The van der Waals surface area contributed by atoms with Gasteiger partial charge in [0, 0.05) is 25.2 Å². The molecule has 1 fully saturated rings. The summed E-state index contributed by atoms with van der Waals surface area (Å²) in [4.78, 5) is 15.4. The van der Waals surface area contributed by atoms with Gasteiger partial charge in [0.1, 0.15) is 0 Å². The quantitative estimate of drug-likeness (QED) is 0.505. The molecule has 0 unspecified atom stereocenters. The van der Waals surface area contributed by atoms with Gasteiger partial charge < -0.3 is 29.0 Å². The summed E-state index contributed by atoms with van der Waals surface area (Å²) in [5, 5.41) is 3.10. The van der Waals surface area contributed by atoms with Crippen LogP contribution in [0.2, 0.25) is 0 Å². The van der Waals surface area contributed by atoms with E-state index in [1.165, 1.54) is 0 Å². The molecule has 8 nitrogen and oxygen atoms in total. The van der Waals surface area contributed by atoms with E-state index in [9.17, 15) is 4.79 Å². The Kier molecular flexibility index (Phi) is 9.85. The fourth-order valence-electron chi connectivity index (χ4n) is 3.95. The monoisotopic (exact) mass is 472 g/mol. The molecule has 1 heterocycles. The molecule has 2 aromatic carbocycles. The molecule has 1 amide bonds. The third-order valence-corrected chi connectivity index (χ3v) is 5.70. The fourth-order valence-corrected chi connectivity index (χ4v) is 3.95. The maximum Gasteiger partial charge on any atom is 0.251 e. The Hall–Kier alpha value is -2.97. The van der Waals surface area contributed by atoms with Crippen LogP contribution in [0.15, 0.2) is 36.4 Å². The average Bonchev–Trinajstić information content (AvgIpc) is 2.88. The van der Waals surface area contributed by atoms with Crippen LogP contribution in [0.25, 0.3) is 0 Å². The van der Waals surface area contributed by atoms with Gasteiger partial charge in [0.15, 0.2) is 23.0 Å². The maximum absolute atomic E-state index is 13.1. The van der Waals surface area contributed by atoms with Crippen molar-refractivity contribution >= 4 is 5.91 Å². The highest BCUT2D eigenvalue weighted by atomic mass is 16.5. The maximum atomic E-state index is 13.1. The standard InChI is InChI=1S/C26H36N2O6/c1-5-13-34-23-10-8-20(17-25(23)33-6-2)26(29)27-18-21(28-11-14-32-15-12-28)19-7-9-22(30-3)24(16-19)31-4/h7-10,16-17,21H,5-6,11-15,18H2,1-4H3,(H,27,29)/t21-/m1/s1. The Morgan fingerprint density at radius 3 is 2.38 bits per heavy atom. The number of amides is 1. The predicted octanol–water partition coefficient (Wildman–Crippen LogP) is 3.69. The van der Waals surface area contributed by atoms with Crippen LogP contribution in [0.1, 0.15) is 42.2 Å². The molecule has 3 rings (SSSR count). The number of nitrogens with zero attached hydrogens (tertiary/aromatic N) is 1. The van der Waals surface area contributed by atoms with Gasteiger partial charge in [-0.25, -0.2) is 0 Å². The molecule has 1 aliphatic heterocycles. The molecular weight excluding hydrogens is 436 g/mol. The average molecular weight is 473 g/mol. The van der Waals surface area contributed by atoms with Crippen LogP contribution in [-0.4, -0.2) is 71.1 Å². The Labute approximate surface area is 202 Å². The summed E-state index contributed by atoms with van der Waals surface area (Å²) in [6, 6.07) is 11.1. The van der Waals surface area contributed by atoms with Gasteiger partial charge in [0.2, 0.25) is 0 Å². The summed E-state index contributed by atoms with van der Waals surface area (Å²) in [7, 11) is 3.24. The van der Waals surface area contributed by atoms with Crippen molar-refractivity contribution in [3.63, 3.8) is 0 Å². The number of carbonyl (C=O) groups excluding carboxylic acids is 1. The topological polar surface area (TPSA) is 78.5 Å². The first kappa shape index (κ1) is 25.6. The second-order valence-corrected chi connectivity index (χ2v) is 7.93. The Morgan fingerprint density at radius 1 is 0.971 bits per heavy atom. The molecule has 0 aliphatic carbocycles. The minimum atomic E-state index is -0.165. The predicted molar refractivity (Wildman–Crippen MR) is 130 cm³/mol. The molecular formula is C26H36N2O6. The summed E-state index contributed by atoms with van der Waals surface area (Å²) in [5.41, 5.74) is 1.57. The van der Waals surface area contributed by atoms with Gasteiger partial charge in [-0.2, -0.15) is 0 Å². The fraction of sp³-hybridized carbons (Fsp3) is 0.500. The number of ether oxygens (including phenoxy) is 5. The van der Waals surface area contributed by atoms with E-state index in [1.807, 2.05) is 32.0 Å². The van der Waals surface area contributed by atoms with Gasteiger partial charge in [-0.3, -0.25) is 9.69 Å². The number of benzene rings is 2. The Morgan fingerprint density at radius 2 is 1.71 bits per heavy atom. The first-order valence-corrected chi connectivity index (χ1v) is 11.8. The largest absolute Gasteiger partial charge is 0.493 e. The van der Waals surface area contributed by atoms with Crippen LogP contribution in [-0.2, 0) is 4.74 Å². The third-order valence-electron chi connectivity index (χ3n) is 5.70. The highest BCUT2D eigenvalue weighted by Crippen LogP contribution is 2.32. The minimum absolute atomic E-state index is 0.0359. The number of methoxy groups -OCH3 is 2. The first-order valence-electron chi connectivity index (χ1n) is 11.8. The van der Waals surface area contributed by atoms with Crippen molar-refractivity contribution in [2.75, 3.05) is 60.3 Å². The van der Waals surface area contributed by atoms with Crippen LogP contribution < -0.4 is 24.3 Å². The second kappa shape index (κ2) is 13.1. The number of nitrogens with one attached hydrogen (secondary N) is 1. The van der Waals surface area contributed by atoms with Crippen molar-refractivity contribution in [3.8, 4) is 23.0 Å².